The summed E-state index contributed by atoms with van der Waals surface area (Å²) in [6.07, 6.45) is 3.55. The first kappa shape index (κ1) is 17.1. The van der Waals surface area contributed by atoms with Crippen molar-refractivity contribution in [1.29, 1.82) is 0 Å². The molecule has 2 aromatic heterocycles. The molecule has 0 saturated carbocycles. The predicted octanol–water partition coefficient (Wildman–Crippen LogP) is 3.97. The number of benzene rings is 1. The van der Waals surface area contributed by atoms with Gasteiger partial charge in [0.05, 0.1) is 12.3 Å². The monoisotopic (exact) mass is 340 g/mol. The normalized spacial score (nSPS) is 12.4. The van der Waals surface area contributed by atoms with Crippen LogP contribution < -0.4 is 10.6 Å². The maximum Gasteiger partial charge on any atom is 0.319 e. The number of aromatic amines is 1. The number of hydrogen-bond donors (Lipinski definition) is 3. The molecule has 3 aromatic rings. The topological polar surface area (TPSA) is 73.3 Å². The number of urea groups is 1. The molecule has 132 valence electrons. The van der Waals surface area contributed by atoms with Gasteiger partial charge in [0.1, 0.15) is 5.76 Å². The van der Waals surface area contributed by atoms with Crippen molar-refractivity contribution in [2.24, 2.45) is 0 Å². The molecule has 2 heterocycles. The van der Waals surface area contributed by atoms with E-state index in [-0.39, 0.29) is 12.1 Å². The Morgan fingerprint density at radius 2 is 2.08 bits per heavy atom. The van der Waals surface area contributed by atoms with Crippen LogP contribution in [-0.2, 0) is 0 Å². The molecule has 1 atom stereocenters. The van der Waals surface area contributed by atoms with Crippen LogP contribution in [0.15, 0.2) is 53.3 Å². The van der Waals surface area contributed by atoms with Crippen LogP contribution >= 0.6 is 0 Å². The van der Waals surface area contributed by atoms with Gasteiger partial charge < -0.3 is 20.0 Å². The Balaban J connectivity index is 1.62. The van der Waals surface area contributed by atoms with E-state index in [1.54, 1.807) is 6.26 Å². The minimum absolute atomic E-state index is 0.0166. The molecule has 0 radical (unpaired) electrons. The minimum atomic E-state index is -0.224. The Morgan fingerprint density at radius 3 is 2.80 bits per heavy atom. The van der Waals surface area contributed by atoms with Gasteiger partial charge >= 0.3 is 6.03 Å². The number of rotatable bonds is 7. The summed E-state index contributed by atoms with van der Waals surface area (Å²) in [6, 6.07) is 11.4. The molecular formula is C19H24N4O2. The van der Waals surface area contributed by atoms with Crippen molar-refractivity contribution in [2.45, 2.75) is 19.9 Å². The first-order valence-electron chi connectivity index (χ1n) is 8.60. The molecule has 0 aliphatic carbocycles. The Hall–Kier alpha value is -2.73. The summed E-state index contributed by atoms with van der Waals surface area (Å²) >= 11 is 0. The fourth-order valence-electron chi connectivity index (χ4n) is 3.05. The van der Waals surface area contributed by atoms with E-state index in [0.29, 0.717) is 6.54 Å². The number of likely N-dealkylation sites (N-methyl/N-ethyl adjacent to an activating group) is 1. The lowest BCUT2D eigenvalue weighted by molar-refractivity contribution is 0.188. The fraction of sp³-hybridized carbons (Fsp3) is 0.316. The van der Waals surface area contributed by atoms with Gasteiger partial charge in [-0.05, 0) is 49.5 Å². The Bertz CT molecular complexity index is 806. The van der Waals surface area contributed by atoms with Gasteiger partial charge in [-0.3, -0.25) is 4.90 Å². The van der Waals surface area contributed by atoms with E-state index in [9.17, 15) is 4.79 Å². The van der Waals surface area contributed by atoms with Gasteiger partial charge in [-0.2, -0.15) is 0 Å². The number of nitrogens with one attached hydrogen (secondary N) is 3. The van der Waals surface area contributed by atoms with Crippen molar-refractivity contribution in [1.82, 2.24) is 15.2 Å². The SMILES string of the molecule is CCN(CC)C(CNC(=O)Nc1ccc2[nH]ccc2c1)c1ccco1. The van der Waals surface area contributed by atoms with E-state index in [1.807, 2.05) is 42.6 Å². The number of amides is 2. The molecule has 3 N–H and O–H groups in total. The number of nitrogens with zero attached hydrogens (tertiary/aromatic N) is 1. The third kappa shape index (κ3) is 4.03. The zero-order valence-corrected chi connectivity index (χ0v) is 14.6. The van der Waals surface area contributed by atoms with E-state index >= 15 is 0 Å². The zero-order valence-electron chi connectivity index (χ0n) is 14.6. The van der Waals surface area contributed by atoms with Crippen LogP contribution in [0.25, 0.3) is 10.9 Å². The smallest absolute Gasteiger partial charge is 0.319 e. The zero-order chi connectivity index (χ0) is 17.6. The van der Waals surface area contributed by atoms with Crippen LogP contribution in [0, 0.1) is 0 Å². The van der Waals surface area contributed by atoms with Gasteiger partial charge in [0.2, 0.25) is 0 Å². The molecule has 6 heteroatoms. The molecule has 25 heavy (non-hydrogen) atoms. The van der Waals surface area contributed by atoms with E-state index in [0.717, 1.165) is 35.4 Å². The molecule has 3 rings (SSSR count). The molecule has 6 nitrogen and oxygen atoms in total. The molecular weight excluding hydrogens is 316 g/mol. The maximum atomic E-state index is 12.3. The Kier molecular flexibility index (Phi) is 5.40. The van der Waals surface area contributed by atoms with Crippen LogP contribution in [0.3, 0.4) is 0 Å². The van der Waals surface area contributed by atoms with Crippen LogP contribution in [0.2, 0.25) is 0 Å². The molecule has 0 aliphatic rings. The molecule has 0 saturated heterocycles. The van der Waals surface area contributed by atoms with Gasteiger partial charge in [0, 0.05) is 29.3 Å². The summed E-state index contributed by atoms with van der Waals surface area (Å²) in [7, 11) is 0. The third-order valence-corrected chi connectivity index (χ3v) is 4.39. The number of furan rings is 1. The average molecular weight is 340 g/mol. The summed E-state index contributed by atoms with van der Waals surface area (Å²) in [5.41, 5.74) is 1.81. The van der Waals surface area contributed by atoms with E-state index < -0.39 is 0 Å². The summed E-state index contributed by atoms with van der Waals surface area (Å²) in [5.74, 6) is 0.859. The molecule has 1 aromatic carbocycles. The van der Waals surface area contributed by atoms with Crippen molar-refractivity contribution in [2.75, 3.05) is 25.0 Å². The highest BCUT2D eigenvalue weighted by Crippen LogP contribution is 2.21. The highest BCUT2D eigenvalue weighted by molar-refractivity contribution is 5.92. The second-order valence-electron chi connectivity index (χ2n) is 5.87. The number of carbonyl (C=O) groups excluding carboxylic acids is 1. The first-order valence-corrected chi connectivity index (χ1v) is 8.60. The van der Waals surface area contributed by atoms with E-state index in [4.69, 9.17) is 4.42 Å². The molecule has 0 bridgehead atoms. The molecule has 1 unspecified atom stereocenters. The van der Waals surface area contributed by atoms with Gasteiger partial charge in [0.15, 0.2) is 0 Å². The lowest BCUT2D eigenvalue weighted by Gasteiger charge is -2.28. The lowest BCUT2D eigenvalue weighted by Crippen LogP contribution is -2.39. The van der Waals surface area contributed by atoms with E-state index in [1.165, 1.54) is 0 Å². The van der Waals surface area contributed by atoms with Crippen LogP contribution in [0.5, 0.6) is 0 Å². The summed E-state index contributed by atoms with van der Waals surface area (Å²) in [4.78, 5) is 17.7. The average Bonchev–Trinajstić information content (AvgIpc) is 3.29. The van der Waals surface area contributed by atoms with Crippen molar-refractivity contribution >= 4 is 22.6 Å². The van der Waals surface area contributed by atoms with Crippen molar-refractivity contribution < 1.29 is 9.21 Å². The van der Waals surface area contributed by atoms with Crippen LogP contribution in [-0.4, -0.2) is 35.5 Å². The van der Waals surface area contributed by atoms with Gasteiger partial charge in [-0.15, -0.1) is 0 Å². The lowest BCUT2D eigenvalue weighted by atomic mass is 10.2. The van der Waals surface area contributed by atoms with Crippen LogP contribution in [0.1, 0.15) is 25.6 Å². The largest absolute Gasteiger partial charge is 0.468 e. The molecule has 0 spiro atoms. The molecule has 0 fully saturated rings. The molecule has 0 aliphatic heterocycles. The summed E-state index contributed by atoms with van der Waals surface area (Å²) in [5, 5.41) is 6.90. The molecule has 2 amide bonds. The van der Waals surface area contributed by atoms with Crippen molar-refractivity contribution in [3.05, 3.63) is 54.6 Å². The van der Waals surface area contributed by atoms with Gasteiger partial charge in [-0.25, -0.2) is 4.79 Å². The Labute approximate surface area is 147 Å². The maximum absolute atomic E-state index is 12.3. The van der Waals surface area contributed by atoms with Gasteiger partial charge in [0.25, 0.3) is 0 Å². The number of H-pyrrole nitrogens is 1. The highest BCUT2D eigenvalue weighted by Gasteiger charge is 2.21. The van der Waals surface area contributed by atoms with Crippen molar-refractivity contribution in [3.8, 4) is 0 Å². The number of fused-ring (bicyclic) bond motifs is 1. The second-order valence-corrected chi connectivity index (χ2v) is 5.87. The second kappa shape index (κ2) is 7.90. The standard InChI is InChI=1S/C19H24N4O2/c1-3-23(4-2)17(18-6-5-11-25-18)13-21-19(24)22-15-7-8-16-14(12-15)9-10-20-16/h5-12,17,20H,3-4,13H2,1-2H3,(H2,21,22,24). The predicted molar refractivity (Wildman–Crippen MR) is 99.7 cm³/mol. The van der Waals surface area contributed by atoms with Gasteiger partial charge in [-0.1, -0.05) is 13.8 Å². The summed E-state index contributed by atoms with van der Waals surface area (Å²) in [6.45, 7) is 6.45. The Morgan fingerprint density at radius 1 is 1.24 bits per heavy atom. The summed E-state index contributed by atoms with van der Waals surface area (Å²) < 4.78 is 5.55. The quantitative estimate of drug-likeness (QED) is 0.609. The number of aromatic nitrogens is 1. The highest BCUT2D eigenvalue weighted by atomic mass is 16.3. The number of carbonyl (C=O) groups is 1. The fourth-order valence-corrected chi connectivity index (χ4v) is 3.05. The number of hydrogen-bond acceptors (Lipinski definition) is 3. The first-order chi connectivity index (χ1) is 12.2. The van der Waals surface area contributed by atoms with Crippen LogP contribution in [0.4, 0.5) is 10.5 Å². The minimum Gasteiger partial charge on any atom is -0.468 e. The number of anilines is 1. The van der Waals surface area contributed by atoms with E-state index in [2.05, 4.69) is 34.4 Å². The van der Waals surface area contributed by atoms with Crippen molar-refractivity contribution in [3.63, 3.8) is 0 Å². The third-order valence-electron chi connectivity index (χ3n) is 4.39.